The van der Waals surface area contributed by atoms with Gasteiger partial charge in [0.25, 0.3) is 9.84 Å². The van der Waals surface area contributed by atoms with E-state index in [1.54, 1.807) is 0 Å². The summed E-state index contributed by atoms with van der Waals surface area (Å²) in [4.78, 5) is -0.740. The molecule has 3 nitrogen and oxygen atoms in total. The second-order valence-corrected chi connectivity index (χ2v) is 5.70. The Morgan fingerprint density at radius 1 is 1.17 bits per heavy atom. The number of unbranched alkanes of at least 4 members (excludes halogenated alkanes) is 1. The standard InChI is InChI=1S/C11H14F3NO2S/c1-2-3-8-15-9-4-6-10(7-5-9)18(16,17)11(12,13)14/h4-7,15H,2-3,8H2,1H3. The highest BCUT2D eigenvalue weighted by Gasteiger charge is 2.46. The van der Waals surface area contributed by atoms with Crippen molar-refractivity contribution in [3.05, 3.63) is 24.3 Å². The van der Waals surface area contributed by atoms with Crippen LogP contribution in [0.4, 0.5) is 18.9 Å². The van der Waals surface area contributed by atoms with Crippen LogP contribution in [0.5, 0.6) is 0 Å². The van der Waals surface area contributed by atoms with Crippen molar-refractivity contribution < 1.29 is 21.6 Å². The van der Waals surface area contributed by atoms with Gasteiger partial charge < -0.3 is 5.32 Å². The summed E-state index contributed by atoms with van der Waals surface area (Å²) in [6.07, 6.45) is 1.93. The first-order valence-electron chi connectivity index (χ1n) is 5.44. The first-order chi connectivity index (χ1) is 8.29. The SMILES string of the molecule is CCCCNc1ccc(S(=O)(=O)C(F)(F)F)cc1. The summed E-state index contributed by atoms with van der Waals surface area (Å²) in [6, 6.07) is 4.57. The maximum Gasteiger partial charge on any atom is 0.501 e. The van der Waals surface area contributed by atoms with E-state index in [0.29, 0.717) is 12.2 Å². The van der Waals surface area contributed by atoms with Crippen molar-refractivity contribution in [3.63, 3.8) is 0 Å². The monoisotopic (exact) mass is 281 g/mol. The third-order valence-electron chi connectivity index (χ3n) is 2.33. The average molecular weight is 281 g/mol. The van der Waals surface area contributed by atoms with Gasteiger partial charge in [0.15, 0.2) is 0 Å². The number of halogens is 3. The summed E-state index contributed by atoms with van der Waals surface area (Å²) < 4.78 is 59.0. The molecule has 0 aliphatic heterocycles. The predicted molar refractivity (Wildman–Crippen MR) is 63.1 cm³/mol. The Kier molecular flexibility index (Phi) is 4.61. The number of rotatable bonds is 5. The Morgan fingerprint density at radius 3 is 2.17 bits per heavy atom. The zero-order chi connectivity index (χ0) is 13.8. The van der Waals surface area contributed by atoms with Crippen molar-refractivity contribution in [2.24, 2.45) is 0 Å². The van der Waals surface area contributed by atoms with Crippen LogP contribution in [0.2, 0.25) is 0 Å². The quantitative estimate of drug-likeness (QED) is 0.843. The number of anilines is 1. The zero-order valence-electron chi connectivity index (χ0n) is 9.79. The van der Waals surface area contributed by atoms with Crippen molar-refractivity contribution in [1.29, 1.82) is 0 Å². The minimum atomic E-state index is -5.26. The Morgan fingerprint density at radius 2 is 1.72 bits per heavy atom. The third kappa shape index (κ3) is 3.38. The van der Waals surface area contributed by atoms with Gasteiger partial charge in [-0.1, -0.05) is 13.3 Å². The molecule has 0 spiro atoms. The lowest BCUT2D eigenvalue weighted by atomic mass is 10.3. The molecule has 1 aromatic rings. The van der Waals surface area contributed by atoms with Crippen LogP contribution in [0.25, 0.3) is 0 Å². The van der Waals surface area contributed by atoms with E-state index in [4.69, 9.17) is 0 Å². The lowest BCUT2D eigenvalue weighted by molar-refractivity contribution is -0.0436. The van der Waals surface area contributed by atoms with Gasteiger partial charge in [-0.15, -0.1) is 0 Å². The Bertz CT molecular complexity index is 480. The van der Waals surface area contributed by atoms with Gasteiger partial charge in [-0.05, 0) is 30.7 Å². The van der Waals surface area contributed by atoms with Gasteiger partial charge in [-0.25, -0.2) is 8.42 Å². The number of benzene rings is 1. The highest BCUT2D eigenvalue weighted by molar-refractivity contribution is 7.92. The molecule has 0 saturated carbocycles. The van der Waals surface area contributed by atoms with Gasteiger partial charge in [0.1, 0.15) is 0 Å². The molecule has 0 amide bonds. The fourth-order valence-electron chi connectivity index (χ4n) is 1.30. The van der Waals surface area contributed by atoms with E-state index in [-0.39, 0.29) is 0 Å². The molecule has 0 aromatic heterocycles. The molecule has 0 bridgehead atoms. The topological polar surface area (TPSA) is 46.2 Å². The van der Waals surface area contributed by atoms with E-state index in [1.807, 2.05) is 6.92 Å². The van der Waals surface area contributed by atoms with Crippen molar-refractivity contribution in [2.75, 3.05) is 11.9 Å². The van der Waals surface area contributed by atoms with Gasteiger partial charge in [-0.2, -0.15) is 13.2 Å². The van der Waals surface area contributed by atoms with Crippen LogP contribution in [-0.2, 0) is 9.84 Å². The summed E-state index contributed by atoms with van der Waals surface area (Å²) in [5, 5.41) is 2.99. The van der Waals surface area contributed by atoms with Crippen LogP contribution in [0.1, 0.15) is 19.8 Å². The number of hydrogen-bond donors (Lipinski definition) is 1. The van der Waals surface area contributed by atoms with Crippen LogP contribution >= 0.6 is 0 Å². The number of hydrogen-bond acceptors (Lipinski definition) is 3. The van der Waals surface area contributed by atoms with Gasteiger partial charge in [0, 0.05) is 12.2 Å². The molecule has 1 N–H and O–H groups in total. The Hall–Kier alpha value is -1.24. The van der Waals surface area contributed by atoms with E-state index >= 15 is 0 Å². The summed E-state index contributed by atoms with van der Waals surface area (Å²) >= 11 is 0. The van der Waals surface area contributed by atoms with Crippen LogP contribution < -0.4 is 5.32 Å². The molecule has 102 valence electrons. The number of sulfone groups is 1. The van der Waals surface area contributed by atoms with Crippen molar-refractivity contribution in [2.45, 2.75) is 30.2 Å². The van der Waals surface area contributed by atoms with E-state index in [2.05, 4.69) is 5.32 Å². The van der Waals surface area contributed by atoms with Crippen LogP contribution in [-0.4, -0.2) is 20.5 Å². The maximum atomic E-state index is 12.3. The fourth-order valence-corrected chi connectivity index (χ4v) is 2.06. The van der Waals surface area contributed by atoms with E-state index in [1.165, 1.54) is 12.1 Å². The molecule has 0 unspecified atom stereocenters. The molecule has 0 fully saturated rings. The van der Waals surface area contributed by atoms with Gasteiger partial charge in [-0.3, -0.25) is 0 Å². The summed E-state index contributed by atoms with van der Waals surface area (Å²) in [6.45, 7) is 2.71. The molecule has 18 heavy (non-hydrogen) atoms. The van der Waals surface area contributed by atoms with Gasteiger partial charge >= 0.3 is 5.51 Å². The highest BCUT2D eigenvalue weighted by Crippen LogP contribution is 2.30. The summed E-state index contributed by atoms with van der Waals surface area (Å²) in [5.41, 5.74) is -4.66. The molecular weight excluding hydrogens is 267 g/mol. The zero-order valence-corrected chi connectivity index (χ0v) is 10.6. The van der Waals surface area contributed by atoms with E-state index in [9.17, 15) is 21.6 Å². The van der Waals surface area contributed by atoms with Crippen molar-refractivity contribution >= 4 is 15.5 Å². The van der Waals surface area contributed by atoms with Crippen molar-refractivity contribution in [1.82, 2.24) is 0 Å². The second kappa shape index (κ2) is 5.60. The van der Waals surface area contributed by atoms with E-state index in [0.717, 1.165) is 25.0 Å². The largest absolute Gasteiger partial charge is 0.501 e. The van der Waals surface area contributed by atoms with Gasteiger partial charge in [0.05, 0.1) is 4.90 Å². The van der Waals surface area contributed by atoms with Crippen molar-refractivity contribution in [3.8, 4) is 0 Å². The molecule has 0 saturated heterocycles. The third-order valence-corrected chi connectivity index (χ3v) is 3.83. The first kappa shape index (κ1) is 14.8. The summed E-state index contributed by atoms with van der Waals surface area (Å²) in [7, 11) is -5.25. The number of alkyl halides is 3. The Balaban J connectivity index is 2.84. The van der Waals surface area contributed by atoms with Crippen LogP contribution in [0.3, 0.4) is 0 Å². The molecule has 1 rings (SSSR count). The predicted octanol–water partition coefficient (Wildman–Crippen LogP) is 3.19. The molecule has 0 radical (unpaired) electrons. The summed E-state index contributed by atoms with van der Waals surface area (Å²) in [5.74, 6) is 0. The average Bonchev–Trinajstić information content (AvgIpc) is 2.28. The molecule has 7 heteroatoms. The first-order valence-corrected chi connectivity index (χ1v) is 6.92. The lowest BCUT2D eigenvalue weighted by Crippen LogP contribution is -2.23. The second-order valence-electron chi connectivity index (χ2n) is 3.75. The molecule has 1 aromatic carbocycles. The lowest BCUT2D eigenvalue weighted by Gasteiger charge is -2.09. The van der Waals surface area contributed by atoms with Gasteiger partial charge in [0.2, 0.25) is 0 Å². The normalized spacial score (nSPS) is 12.4. The fraction of sp³-hybridized carbons (Fsp3) is 0.455. The highest BCUT2D eigenvalue weighted by atomic mass is 32.2. The number of nitrogens with one attached hydrogen (secondary N) is 1. The maximum absolute atomic E-state index is 12.3. The molecule has 0 aliphatic rings. The minimum Gasteiger partial charge on any atom is -0.385 e. The minimum absolute atomic E-state index is 0.601. The molecular formula is C11H14F3NO2S. The molecule has 0 aliphatic carbocycles. The smallest absolute Gasteiger partial charge is 0.385 e. The van der Waals surface area contributed by atoms with Crippen LogP contribution in [0, 0.1) is 0 Å². The Labute approximate surface area is 104 Å². The van der Waals surface area contributed by atoms with Crippen LogP contribution in [0.15, 0.2) is 29.2 Å². The molecule has 0 heterocycles. The molecule has 0 atom stereocenters. The van der Waals surface area contributed by atoms with E-state index < -0.39 is 20.2 Å².